The Bertz CT molecular complexity index is 742. The van der Waals surface area contributed by atoms with Crippen LogP contribution in [0.3, 0.4) is 0 Å². The van der Waals surface area contributed by atoms with Crippen LogP contribution in [0.5, 0.6) is 5.75 Å². The third-order valence-electron chi connectivity index (χ3n) is 3.24. The van der Waals surface area contributed by atoms with E-state index in [2.05, 4.69) is 12.2 Å². The molecular formula is C18H17ClN2O2S. The molecule has 0 fully saturated rings. The quantitative estimate of drug-likeness (QED) is 0.411. The fourth-order valence-electron chi connectivity index (χ4n) is 1.94. The maximum absolute atomic E-state index is 12.3. The van der Waals surface area contributed by atoms with Crippen LogP contribution in [-0.2, 0) is 0 Å². The molecule has 0 aliphatic heterocycles. The number of nitrogens with zero attached hydrogens (tertiary/aromatic N) is 1. The number of ether oxygens (including phenoxy) is 1. The smallest absolute Gasteiger partial charge is 0.255 e. The standard InChI is InChI=1S/C18H17ClN2O2S/c1-2-3-10-23-14-6-4-13(5-7-14)18(22)21-17-9-8-15(24-12-20)11-16(17)19/h4-9,11H,2-3,10H2,1H3,(H,21,22). The van der Waals surface area contributed by atoms with Crippen molar-refractivity contribution in [2.45, 2.75) is 24.7 Å². The van der Waals surface area contributed by atoms with Crippen LogP contribution in [0.1, 0.15) is 30.1 Å². The molecule has 24 heavy (non-hydrogen) atoms. The van der Waals surface area contributed by atoms with Gasteiger partial charge in [0.25, 0.3) is 5.91 Å². The van der Waals surface area contributed by atoms with E-state index in [0.717, 1.165) is 35.2 Å². The van der Waals surface area contributed by atoms with Gasteiger partial charge in [-0.2, -0.15) is 5.26 Å². The predicted octanol–water partition coefficient (Wildman–Crippen LogP) is 5.34. The Labute approximate surface area is 150 Å². The van der Waals surface area contributed by atoms with E-state index in [9.17, 15) is 4.79 Å². The predicted molar refractivity (Wildman–Crippen MR) is 97.7 cm³/mol. The molecule has 124 valence electrons. The maximum Gasteiger partial charge on any atom is 0.255 e. The Hall–Kier alpha value is -2.16. The number of rotatable bonds is 7. The molecule has 0 aromatic heterocycles. The van der Waals surface area contributed by atoms with Gasteiger partial charge in [0.1, 0.15) is 11.2 Å². The first-order valence-corrected chi connectivity index (χ1v) is 8.73. The van der Waals surface area contributed by atoms with Crippen LogP contribution in [0.4, 0.5) is 5.69 Å². The SMILES string of the molecule is CCCCOc1ccc(C(=O)Nc2ccc(SC#N)cc2Cl)cc1. The number of hydrogen-bond donors (Lipinski definition) is 1. The van der Waals surface area contributed by atoms with Crippen molar-refractivity contribution in [3.05, 3.63) is 53.1 Å². The summed E-state index contributed by atoms with van der Waals surface area (Å²) >= 11 is 7.15. The number of nitrogens with one attached hydrogen (secondary N) is 1. The molecule has 0 radical (unpaired) electrons. The number of carbonyl (C=O) groups excluding carboxylic acids is 1. The molecule has 2 aromatic carbocycles. The third-order valence-corrected chi connectivity index (χ3v) is 4.13. The highest BCUT2D eigenvalue weighted by atomic mass is 35.5. The molecule has 0 bridgehead atoms. The van der Waals surface area contributed by atoms with E-state index in [1.54, 1.807) is 42.5 Å². The molecule has 2 aromatic rings. The van der Waals surface area contributed by atoms with Crippen LogP contribution in [0.15, 0.2) is 47.4 Å². The second-order valence-electron chi connectivity index (χ2n) is 5.02. The number of amides is 1. The summed E-state index contributed by atoms with van der Waals surface area (Å²) in [5.41, 5.74) is 1.02. The van der Waals surface area contributed by atoms with Crippen LogP contribution in [-0.4, -0.2) is 12.5 Å². The molecule has 0 aliphatic carbocycles. The maximum atomic E-state index is 12.3. The number of thioether (sulfide) groups is 1. The number of hydrogen-bond acceptors (Lipinski definition) is 4. The molecule has 0 saturated carbocycles. The van der Waals surface area contributed by atoms with E-state index in [0.29, 0.717) is 22.9 Å². The van der Waals surface area contributed by atoms with Crippen molar-refractivity contribution in [3.8, 4) is 11.2 Å². The summed E-state index contributed by atoms with van der Waals surface area (Å²) < 4.78 is 5.57. The lowest BCUT2D eigenvalue weighted by molar-refractivity contribution is 0.102. The second kappa shape index (κ2) is 9.21. The largest absolute Gasteiger partial charge is 0.494 e. The minimum atomic E-state index is -0.252. The van der Waals surface area contributed by atoms with Crippen LogP contribution in [0, 0.1) is 10.7 Å². The van der Waals surface area contributed by atoms with Gasteiger partial charge >= 0.3 is 0 Å². The zero-order valence-electron chi connectivity index (χ0n) is 13.2. The lowest BCUT2D eigenvalue weighted by Crippen LogP contribution is -2.12. The van der Waals surface area contributed by atoms with Gasteiger partial charge in [-0.25, -0.2) is 0 Å². The van der Waals surface area contributed by atoms with E-state index in [1.165, 1.54) is 0 Å². The molecule has 1 N–H and O–H groups in total. The van der Waals surface area contributed by atoms with Crippen LogP contribution in [0.2, 0.25) is 5.02 Å². The van der Waals surface area contributed by atoms with Gasteiger partial charge in [0.2, 0.25) is 0 Å². The minimum absolute atomic E-state index is 0.252. The van der Waals surface area contributed by atoms with Crippen molar-refractivity contribution in [2.75, 3.05) is 11.9 Å². The summed E-state index contributed by atoms with van der Waals surface area (Å²) in [6.45, 7) is 2.78. The fraction of sp³-hybridized carbons (Fsp3) is 0.222. The summed E-state index contributed by atoms with van der Waals surface area (Å²) in [6.07, 6.45) is 2.08. The van der Waals surface area contributed by atoms with Crippen molar-refractivity contribution in [1.29, 1.82) is 5.26 Å². The average molecular weight is 361 g/mol. The number of carbonyl (C=O) groups is 1. The molecule has 1 amide bonds. The lowest BCUT2D eigenvalue weighted by Gasteiger charge is -2.09. The minimum Gasteiger partial charge on any atom is -0.494 e. The fourth-order valence-corrected chi connectivity index (χ4v) is 2.66. The Morgan fingerprint density at radius 2 is 2.04 bits per heavy atom. The normalized spacial score (nSPS) is 10.0. The van der Waals surface area contributed by atoms with Gasteiger partial charge in [-0.15, -0.1) is 0 Å². The van der Waals surface area contributed by atoms with Gasteiger partial charge in [0.15, 0.2) is 0 Å². The van der Waals surface area contributed by atoms with Gasteiger partial charge in [0.05, 0.1) is 17.3 Å². The lowest BCUT2D eigenvalue weighted by atomic mass is 10.2. The number of thiocyanates is 1. The first-order chi connectivity index (χ1) is 11.6. The van der Waals surface area contributed by atoms with Gasteiger partial charge in [0, 0.05) is 10.5 Å². The zero-order chi connectivity index (χ0) is 17.4. The average Bonchev–Trinajstić information content (AvgIpc) is 2.58. The number of unbranched alkanes of at least 4 members (excludes halogenated alkanes) is 1. The summed E-state index contributed by atoms with van der Waals surface area (Å²) in [7, 11) is 0. The Kier molecular flexibility index (Phi) is 6.98. The van der Waals surface area contributed by atoms with E-state index in [4.69, 9.17) is 21.6 Å². The second-order valence-corrected chi connectivity index (χ2v) is 6.28. The molecule has 6 heteroatoms. The molecule has 0 spiro atoms. The van der Waals surface area contributed by atoms with Crippen molar-refractivity contribution in [2.24, 2.45) is 0 Å². The van der Waals surface area contributed by atoms with Crippen molar-refractivity contribution in [3.63, 3.8) is 0 Å². The Morgan fingerprint density at radius 1 is 1.29 bits per heavy atom. The molecular weight excluding hydrogens is 344 g/mol. The van der Waals surface area contributed by atoms with Crippen LogP contribution < -0.4 is 10.1 Å². The third kappa shape index (κ3) is 5.19. The van der Waals surface area contributed by atoms with Gasteiger partial charge in [-0.1, -0.05) is 24.9 Å². The molecule has 2 rings (SSSR count). The monoisotopic (exact) mass is 360 g/mol. The number of anilines is 1. The molecule has 4 nitrogen and oxygen atoms in total. The Morgan fingerprint density at radius 3 is 2.67 bits per heavy atom. The van der Waals surface area contributed by atoms with E-state index < -0.39 is 0 Å². The van der Waals surface area contributed by atoms with E-state index in [1.807, 2.05) is 5.40 Å². The highest BCUT2D eigenvalue weighted by Crippen LogP contribution is 2.28. The molecule has 0 unspecified atom stereocenters. The summed E-state index contributed by atoms with van der Waals surface area (Å²) in [4.78, 5) is 13.0. The van der Waals surface area contributed by atoms with Crippen LogP contribution in [0.25, 0.3) is 0 Å². The highest BCUT2D eigenvalue weighted by Gasteiger charge is 2.09. The Balaban J connectivity index is 2.00. The van der Waals surface area contributed by atoms with Gasteiger partial charge in [-0.05, 0) is 60.6 Å². The van der Waals surface area contributed by atoms with Gasteiger partial charge in [-0.3, -0.25) is 4.79 Å². The molecule has 0 atom stereocenters. The first kappa shape index (κ1) is 18.2. The summed E-state index contributed by atoms with van der Waals surface area (Å²) in [6, 6.07) is 12.0. The zero-order valence-corrected chi connectivity index (χ0v) is 14.8. The van der Waals surface area contributed by atoms with E-state index in [-0.39, 0.29) is 5.91 Å². The summed E-state index contributed by atoms with van der Waals surface area (Å²) in [5, 5.41) is 13.8. The topological polar surface area (TPSA) is 62.1 Å². The van der Waals surface area contributed by atoms with Crippen molar-refractivity contribution in [1.82, 2.24) is 0 Å². The first-order valence-electron chi connectivity index (χ1n) is 7.53. The van der Waals surface area contributed by atoms with Gasteiger partial charge < -0.3 is 10.1 Å². The summed E-state index contributed by atoms with van der Waals surface area (Å²) in [5.74, 6) is 0.494. The van der Waals surface area contributed by atoms with E-state index >= 15 is 0 Å². The van der Waals surface area contributed by atoms with Crippen molar-refractivity contribution >= 4 is 35.0 Å². The number of benzene rings is 2. The van der Waals surface area contributed by atoms with Crippen molar-refractivity contribution < 1.29 is 9.53 Å². The number of halogens is 1. The molecule has 0 aliphatic rings. The molecule has 0 heterocycles. The molecule has 0 saturated heterocycles. The van der Waals surface area contributed by atoms with Crippen LogP contribution >= 0.6 is 23.4 Å². The number of nitriles is 1. The highest BCUT2D eigenvalue weighted by molar-refractivity contribution is 8.03.